The van der Waals surface area contributed by atoms with Gasteiger partial charge < -0.3 is 25.4 Å². The van der Waals surface area contributed by atoms with Crippen molar-refractivity contribution in [1.82, 2.24) is 0 Å². The van der Waals surface area contributed by atoms with E-state index in [2.05, 4.69) is 0 Å². The molecule has 0 aliphatic carbocycles. The quantitative estimate of drug-likeness (QED) is 0.543. The lowest BCUT2D eigenvalue weighted by molar-refractivity contribution is 0.0221. The van der Waals surface area contributed by atoms with Crippen LogP contribution in [0, 0.1) is 0 Å². The van der Waals surface area contributed by atoms with Crippen molar-refractivity contribution in [3.8, 4) is 23.0 Å². The van der Waals surface area contributed by atoms with E-state index in [0.717, 1.165) is 0 Å². The van der Waals surface area contributed by atoms with E-state index in [4.69, 9.17) is 15.2 Å². The van der Waals surface area contributed by atoms with Gasteiger partial charge in [0.15, 0.2) is 5.60 Å². The highest BCUT2D eigenvalue weighted by Crippen LogP contribution is 2.57. The monoisotopic (exact) mass is 397 g/mol. The summed E-state index contributed by atoms with van der Waals surface area (Å²) in [5, 5.41) is 20.0. The van der Waals surface area contributed by atoms with Gasteiger partial charge in [-0.1, -0.05) is 18.2 Å². The lowest BCUT2D eigenvalue weighted by atomic mass is 9.75. The van der Waals surface area contributed by atoms with Crippen LogP contribution in [0.3, 0.4) is 0 Å². The average Bonchev–Trinajstić information content (AvgIpc) is 2.94. The molecular weight excluding hydrogens is 382 g/mol. The first kappa shape index (κ1) is 18.2. The summed E-state index contributed by atoms with van der Waals surface area (Å²) in [7, 11) is 0. The number of rotatable bonds is 1. The van der Waals surface area contributed by atoms with Crippen molar-refractivity contribution in [3.05, 3.63) is 82.4 Å². The molecule has 6 nitrogen and oxygen atoms in total. The molecule has 142 valence electrons. The zero-order chi connectivity index (χ0) is 18.8. The SMILES string of the molecule is Cl.NCc1cc(O)cc2c1C1(OC(=O)c3ccccc31)c1ccc(O)cc1O2. The molecule has 7 heteroatoms. The van der Waals surface area contributed by atoms with Gasteiger partial charge in [0, 0.05) is 29.8 Å². The Morgan fingerprint density at radius 2 is 1.68 bits per heavy atom. The Morgan fingerprint density at radius 3 is 2.46 bits per heavy atom. The van der Waals surface area contributed by atoms with Crippen LogP contribution in [0.25, 0.3) is 0 Å². The molecule has 2 aliphatic rings. The van der Waals surface area contributed by atoms with E-state index in [1.807, 2.05) is 12.1 Å². The number of hydrogen-bond acceptors (Lipinski definition) is 6. The van der Waals surface area contributed by atoms with Gasteiger partial charge in [0.2, 0.25) is 0 Å². The number of nitrogens with two attached hydrogens (primary N) is 1. The first-order valence-corrected chi connectivity index (χ1v) is 8.45. The van der Waals surface area contributed by atoms with Crippen molar-refractivity contribution in [2.45, 2.75) is 12.1 Å². The van der Waals surface area contributed by atoms with Gasteiger partial charge >= 0.3 is 5.97 Å². The zero-order valence-corrected chi connectivity index (χ0v) is 15.3. The number of phenolic OH excluding ortho intramolecular Hbond substituents is 2. The third-order valence-electron chi connectivity index (χ3n) is 5.08. The molecule has 0 amide bonds. The minimum absolute atomic E-state index is 0. The van der Waals surface area contributed by atoms with Crippen LogP contribution in [0.2, 0.25) is 0 Å². The first-order chi connectivity index (χ1) is 13.0. The molecule has 0 saturated heterocycles. The Labute approximate surface area is 166 Å². The van der Waals surface area contributed by atoms with Crippen molar-refractivity contribution in [2.75, 3.05) is 0 Å². The molecule has 1 unspecified atom stereocenters. The summed E-state index contributed by atoms with van der Waals surface area (Å²) >= 11 is 0. The average molecular weight is 398 g/mol. The van der Waals surface area contributed by atoms with Crippen molar-refractivity contribution in [3.63, 3.8) is 0 Å². The van der Waals surface area contributed by atoms with Gasteiger partial charge in [-0.25, -0.2) is 4.79 Å². The van der Waals surface area contributed by atoms with Crippen LogP contribution < -0.4 is 10.5 Å². The Balaban J connectivity index is 0.00000192. The fraction of sp³-hybridized carbons (Fsp3) is 0.0952. The molecule has 0 bridgehead atoms. The van der Waals surface area contributed by atoms with Crippen molar-refractivity contribution in [2.24, 2.45) is 5.73 Å². The second-order valence-electron chi connectivity index (χ2n) is 6.58. The highest BCUT2D eigenvalue weighted by Gasteiger charge is 2.54. The number of halogens is 1. The van der Waals surface area contributed by atoms with E-state index >= 15 is 0 Å². The summed E-state index contributed by atoms with van der Waals surface area (Å²) in [5.41, 5.74) is 7.60. The normalized spacial score (nSPS) is 18.4. The van der Waals surface area contributed by atoms with Crippen molar-refractivity contribution < 1.29 is 24.5 Å². The summed E-state index contributed by atoms with van der Waals surface area (Å²) in [4.78, 5) is 12.7. The molecule has 0 fully saturated rings. The molecule has 5 rings (SSSR count). The summed E-state index contributed by atoms with van der Waals surface area (Å²) in [6.07, 6.45) is 0. The van der Waals surface area contributed by atoms with Crippen LogP contribution in [0.1, 0.15) is 32.6 Å². The highest BCUT2D eigenvalue weighted by atomic mass is 35.5. The van der Waals surface area contributed by atoms with Gasteiger partial charge in [0.1, 0.15) is 23.0 Å². The molecule has 2 aliphatic heterocycles. The zero-order valence-electron chi connectivity index (χ0n) is 14.5. The number of fused-ring (bicyclic) bond motifs is 6. The number of hydrogen-bond donors (Lipinski definition) is 3. The maximum atomic E-state index is 12.7. The van der Waals surface area contributed by atoms with Crippen LogP contribution in [0.15, 0.2) is 54.6 Å². The molecule has 4 N–H and O–H groups in total. The number of carbonyl (C=O) groups excluding carboxylic acids is 1. The van der Waals surface area contributed by atoms with Crippen LogP contribution in [-0.4, -0.2) is 16.2 Å². The van der Waals surface area contributed by atoms with Gasteiger partial charge in [0.25, 0.3) is 0 Å². The summed E-state index contributed by atoms with van der Waals surface area (Å²) in [5.74, 6) is 0.238. The molecule has 1 atom stereocenters. The fourth-order valence-corrected chi connectivity index (χ4v) is 4.04. The Bertz CT molecular complexity index is 1130. The molecule has 28 heavy (non-hydrogen) atoms. The Morgan fingerprint density at radius 1 is 0.929 bits per heavy atom. The molecule has 2 heterocycles. The third kappa shape index (κ3) is 2.22. The summed E-state index contributed by atoms with van der Waals surface area (Å²) in [6.45, 7) is 0.120. The number of phenols is 2. The lowest BCUT2D eigenvalue weighted by Gasteiger charge is -2.37. The highest BCUT2D eigenvalue weighted by molar-refractivity contribution is 5.97. The van der Waals surface area contributed by atoms with Gasteiger partial charge in [-0.2, -0.15) is 0 Å². The van der Waals surface area contributed by atoms with E-state index in [9.17, 15) is 15.0 Å². The molecule has 0 aromatic heterocycles. The second-order valence-corrected chi connectivity index (χ2v) is 6.58. The summed E-state index contributed by atoms with van der Waals surface area (Å²) in [6, 6.07) is 14.8. The fourth-order valence-electron chi connectivity index (χ4n) is 4.04. The lowest BCUT2D eigenvalue weighted by Crippen LogP contribution is -2.34. The predicted octanol–water partition coefficient (Wildman–Crippen LogP) is 3.55. The maximum Gasteiger partial charge on any atom is 0.340 e. The van der Waals surface area contributed by atoms with E-state index in [-0.39, 0.29) is 30.5 Å². The second kappa shape index (κ2) is 6.15. The van der Waals surface area contributed by atoms with Crippen LogP contribution in [0.5, 0.6) is 23.0 Å². The minimum Gasteiger partial charge on any atom is -0.508 e. The van der Waals surface area contributed by atoms with Crippen LogP contribution >= 0.6 is 12.4 Å². The summed E-state index contributed by atoms with van der Waals surface area (Å²) < 4.78 is 11.9. The van der Waals surface area contributed by atoms with Crippen molar-refractivity contribution >= 4 is 18.4 Å². The van der Waals surface area contributed by atoms with E-state index in [1.165, 1.54) is 18.2 Å². The number of ether oxygens (including phenoxy) is 2. The standard InChI is InChI=1S/C21H15NO5.ClH/c22-10-11-7-13(24)9-18-19(11)21(16-6-5-12(23)8-17(16)26-18)15-4-2-1-3-14(15)20(25)27-21;/h1-9,23-24H,10,22H2;1H. The first-order valence-electron chi connectivity index (χ1n) is 8.45. The van der Waals surface area contributed by atoms with Crippen LogP contribution in [-0.2, 0) is 16.9 Å². The molecule has 1 spiro atoms. The Hall–Kier alpha value is -3.22. The van der Waals surface area contributed by atoms with Crippen LogP contribution in [0.4, 0.5) is 0 Å². The number of carbonyl (C=O) groups is 1. The number of esters is 1. The maximum absolute atomic E-state index is 12.7. The van der Waals surface area contributed by atoms with Gasteiger partial charge in [-0.3, -0.25) is 0 Å². The molecule has 3 aromatic carbocycles. The van der Waals surface area contributed by atoms with Gasteiger partial charge in [0.05, 0.1) is 11.1 Å². The molecular formula is C21H16ClNO5. The topological polar surface area (TPSA) is 102 Å². The van der Waals surface area contributed by atoms with Gasteiger partial charge in [-0.05, 0) is 29.8 Å². The van der Waals surface area contributed by atoms with E-state index < -0.39 is 11.6 Å². The van der Waals surface area contributed by atoms with Crippen molar-refractivity contribution in [1.29, 1.82) is 0 Å². The third-order valence-corrected chi connectivity index (χ3v) is 5.08. The Kier molecular flexibility index (Phi) is 3.99. The molecule has 3 aromatic rings. The van der Waals surface area contributed by atoms with E-state index in [1.54, 1.807) is 24.3 Å². The largest absolute Gasteiger partial charge is 0.508 e. The minimum atomic E-state index is -1.26. The smallest absolute Gasteiger partial charge is 0.340 e. The number of aromatic hydroxyl groups is 2. The molecule has 0 saturated carbocycles. The van der Waals surface area contributed by atoms with E-state index in [0.29, 0.717) is 39.3 Å². The number of benzene rings is 3. The van der Waals surface area contributed by atoms with Gasteiger partial charge in [-0.15, -0.1) is 12.4 Å². The predicted molar refractivity (Wildman–Crippen MR) is 103 cm³/mol. The molecule has 0 radical (unpaired) electrons.